The minimum Gasteiger partial charge on any atom is -0.504 e. The second kappa shape index (κ2) is 11.3. The first kappa shape index (κ1) is 27.3. The summed E-state index contributed by atoms with van der Waals surface area (Å²) in [7, 11) is -6.75. The number of phenolic OH excluding ortho intramolecular Hbond substituents is 1. The van der Waals surface area contributed by atoms with Crippen molar-refractivity contribution in [3.05, 3.63) is 84.4 Å². The monoisotopic (exact) mass is 558 g/mol. The smallest absolute Gasteiger partial charge is 0.259 e. The molecule has 4 rings (SSSR count). The molecule has 1 atom stereocenters. The van der Waals surface area contributed by atoms with Crippen molar-refractivity contribution in [2.45, 2.75) is 15.8 Å². The number of ether oxygens (including phenoxy) is 1. The summed E-state index contributed by atoms with van der Waals surface area (Å²) in [5, 5.41) is 14.1. The highest BCUT2D eigenvalue weighted by molar-refractivity contribution is 7.89. The Labute approximate surface area is 221 Å². The summed E-state index contributed by atoms with van der Waals surface area (Å²) < 4.78 is 60.4. The molecule has 13 heteroatoms. The van der Waals surface area contributed by atoms with Gasteiger partial charge in [0.1, 0.15) is 6.04 Å². The second-order valence-corrected chi connectivity index (χ2v) is 12.1. The molecule has 0 bridgehead atoms. The van der Waals surface area contributed by atoms with Crippen LogP contribution in [0.3, 0.4) is 0 Å². The van der Waals surface area contributed by atoms with Gasteiger partial charge < -0.3 is 9.84 Å². The second-order valence-electron chi connectivity index (χ2n) is 8.25. The number of nitrogens with one attached hydrogen (secondary N) is 1. The third kappa shape index (κ3) is 5.55. The van der Waals surface area contributed by atoms with Gasteiger partial charge in [0, 0.05) is 25.2 Å². The topological polar surface area (TPSA) is 146 Å². The molecule has 0 saturated carbocycles. The maximum absolute atomic E-state index is 13.4. The van der Waals surface area contributed by atoms with Gasteiger partial charge in [0.2, 0.25) is 20.0 Å². The number of hydrogen-bond acceptors (Lipinski definition) is 8. The van der Waals surface area contributed by atoms with E-state index >= 15 is 0 Å². The number of methoxy groups -OCH3 is 1. The summed E-state index contributed by atoms with van der Waals surface area (Å²) >= 11 is 0. The largest absolute Gasteiger partial charge is 0.504 e. The van der Waals surface area contributed by atoms with Gasteiger partial charge in [0.05, 0.1) is 23.1 Å². The molecule has 1 aliphatic rings. The van der Waals surface area contributed by atoms with Crippen LogP contribution in [0.1, 0.15) is 5.56 Å². The Kier molecular flexibility index (Phi) is 8.11. The molecule has 1 saturated heterocycles. The molecule has 0 unspecified atom stereocenters. The number of phenols is 1. The minimum atomic E-state index is -4.14. The molecule has 1 aliphatic heterocycles. The lowest BCUT2D eigenvalue weighted by Gasteiger charge is -2.38. The molecule has 1 fully saturated rings. The van der Waals surface area contributed by atoms with Crippen molar-refractivity contribution in [3.8, 4) is 11.5 Å². The van der Waals surface area contributed by atoms with Gasteiger partial charge in [-0.2, -0.15) is 13.7 Å². The van der Waals surface area contributed by atoms with Crippen LogP contribution >= 0.6 is 0 Å². The fourth-order valence-electron chi connectivity index (χ4n) is 3.98. The number of para-hydroxylation sites is 1. The third-order valence-electron chi connectivity index (χ3n) is 5.96. The fraction of sp³-hybridized carbons (Fsp3) is 0.200. The van der Waals surface area contributed by atoms with Crippen molar-refractivity contribution in [1.82, 2.24) is 14.0 Å². The van der Waals surface area contributed by atoms with E-state index in [0.717, 1.165) is 8.61 Å². The van der Waals surface area contributed by atoms with E-state index in [4.69, 9.17) is 4.74 Å². The van der Waals surface area contributed by atoms with Gasteiger partial charge >= 0.3 is 0 Å². The van der Waals surface area contributed by atoms with E-state index in [2.05, 4.69) is 10.5 Å². The highest BCUT2D eigenvalue weighted by Crippen LogP contribution is 2.28. The summed E-state index contributed by atoms with van der Waals surface area (Å²) in [6, 6.07) is 18.6. The van der Waals surface area contributed by atoms with Crippen LogP contribution in [0, 0.1) is 0 Å². The lowest BCUT2D eigenvalue weighted by atomic mass is 10.2. The number of nitrogens with zero attached hydrogens (tertiary/aromatic N) is 3. The number of carbonyl (C=O) groups excluding carboxylic acids is 1. The molecule has 0 aliphatic carbocycles. The molecule has 0 spiro atoms. The van der Waals surface area contributed by atoms with Crippen LogP contribution in [0.2, 0.25) is 0 Å². The van der Waals surface area contributed by atoms with Crippen molar-refractivity contribution in [2.75, 3.05) is 26.7 Å². The molecule has 1 heterocycles. The van der Waals surface area contributed by atoms with Gasteiger partial charge in [-0.1, -0.05) is 42.5 Å². The molecule has 38 heavy (non-hydrogen) atoms. The quantitative estimate of drug-likeness (QED) is 0.316. The number of piperazine rings is 1. The van der Waals surface area contributed by atoms with Crippen LogP contribution in [0.4, 0.5) is 0 Å². The zero-order valence-corrected chi connectivity index (χ0v) is 22.0. The Morgan fingerprint density at radius 2 is 1.53 bits per heavy atom. The maximum Gasteiger partial charge on any atom is 0.259 e. The molecule has 11 nitrogen and oxygen atoms in total. The van der Waals surface area contributed by atoms with Gasteiger partial charge in [-0.25, -0.2) is 22.3 Å². The molecule has 200 valence electrons. The number of carbonyl (C=O) groups is 1. The van der Waals surface area contributed by atoms with Crippen molar-refractivity contribution in [2.24, 2.45) is 5.10 Å². The first-order chi connectivity index (χ1) is 18.2. The molecule has 3 aromatic rings. The first-order valence-electron chi connectivity index (χ1n) is 11.5. The van der Waals surface area contributed by atoms with Crippen LogP contribution in [0.15, 0.2) is 93.8 Å². The van der Waals surface area contributed by atoms with E-state index in [9.17, 15) is 26.7 Å². The maximum atomic E-state index is 13.4. The van der Waals surface area contributed by atoms with E-state index < -0.39 is 38.5 Å². The van der Waals surface area contributed by atoms with Gasteiger partial charge in [0.15, 0.2) is 11.5 Å². The van der Waals surface area contributed by atoms with Crippen LogP contribution in [0.25, 0.3) is 0 Å². The Morgan fingerprint density at radius 1 is 0.921 bits per heavy atom. The average molecular weight is 559 g/mol. The van der Waals surface area contributed by atoms with Crippen LogP contribution < -0.4 is 10.2 Å². The van der Waals surface area contributed by atoms with Crippen LogP contribution in [0.5, 0.6) is 11.5 Å². The summed E-state index contributed by atoms with van der Waals surface area (Å²) in [5.74, 6) is -0.829. The average Bonchev–Trinajstić information content (AvgIpc) is 2.94. The van der Waals surface area contributed by atoms with Crippen molar-refractivity contribution < 1.29 is 31.5 Å². The summed E-state index contributed by atoms with van der Waals surface area (Å²) in [5.41, 5.74) is 2.53. The highest BCUT2D eigenvalue weighted by Gasteiger charge is 2.43. The number of amides is 1. The molecular weight excluding hydrogens is 532 g/mol. The lowest BCUT2D eigenvalue weighted by Crippen LogP contribution is -2.60. The molecule has 1 amide bonds. The molecule has 0 radical (unpaired) electrons. The van der Waals surface area contributed by atoms with E-state index in [0.29, 0.717) is 0 Å². The first-order valence-corrected chi connectivity index (χ1v) is 14.3. The minimum absolute atomic E-state index is 0.0260. The van der Waals surface area contributed by atoms with Crippen molar-refractivity contribution in [3.63, 3.8) is 0 Å². The van der Waals surface area contributed by atoms with E-state index in [1.54, 1.807) is 48.5 Å². The summed E-state index contributed by atoms with van der Waals surface area (Å²) in [6.45, 7) is -0.815. The number of sulfonamides is 2. The van der Waals surface area contributed by atoms with Crippen LogP contribution in [-0.4, -0.2) is 75.5 Å². The van der Waals surface area contributed by atoms with Crippen molar-refractivity contribution in [1.29, 1.82) is 0 Å². The number of rotatable bonds is 8. The number of aromatic hydroxyl groups is 1. The van der Waals surface area contributed by atoms with E-state index in [-0.39, 0.29) is 39.9 Å². The Balaban J connectivity index is 1.63. The summed E-state index contributed by atoms with van der Waals surface area (Å²) in [4.78, 5) is 13.3. The third-order valence-corrected chi connectivity index (χ3v) is 9.76. The SMILES string of the molecule is COc1cccc(/C=N\NC(=O)[C@H]2CN(S(=O)(=O)c3ccccc3)CCN2S(=O)(=O)c2ccccc2)c1O. The predicted octanol–water partition coefficient (Wildman–Crippen LogP) is 1.61. The Bertz CT molecular complexity index is 1530. The van der Waals surface area contributed by atoms with Gasteiger partial charge in [-0.05, 0) is 36.4 Å². The highest BCUT2D eigenvalue weighted by atomic mass is 32.2. The van der Waals surface area contributed by atoms with Crippen molar-refractivity contribution >= 4 is 32.2 Å². The Hall–Kier alpha value is -3.78. The predicted molar refractivity (Wildman–Crippen MR) is 140 cm³/mol. The van der Waals surface area contributed by atoms with E-state index in [1.807, 2.05) is 0 Å². The zero-order chi connectivity index (χ0) is 27.3. The number of hydrogen-bond donors (Lipinski definition) is 2. The van der Waals surface area contributed by atoms with Gasteiger partial charge in [0.25, 0.3) is 5.91 Å². The molecule has 3 aromatic carbocycles. The standard InChI is InChI=1S/C25H26N4O7S2/c1-36-23-14-8-9-19(24(23)30)17-26-27-25(31)22-18-28(37(32,33)20-10-4-2-5-11-20)15-16-29(22)38(34,35)21-12-6-3-7-13-21/h2-14,17,22,30H,15-16,18H2,1H3,(H,27,31)/b26-17-/t22-/m1/s1. The summed E-state index contributed by atoms with van der Waals surface area (Å²) in [6.07, 6.45) is 1.17. The molecule has 0 aromatic heterocycles. The van der Waals surface area contributed by atoms with Gasteiger partial charge in [-0.15, -0.1) is 0 Å². The molecule has 2 N–H and O–H groups in total. The zero-order valence-electron chi connectivity index (χ0n) is 20.3. The molecular formula is C25H26N4O7S2. The number of hydrazone groups is 1. The fourth-order valence-corrected chi connectivity index (χ4v) is 7.03. The van der Waals surface area contributed by atoms with Gasteiger partial charge in [-0.3, -0.25) is 4.79 Å². The van der Waals surface area contributed by atoms with Crippen LogP contribution in [-0.2, 0) is 24.8 Å². The number of benzene rings is 3. The Morgan fingerprint density at radius 3 is 2.13 bits per heavy atom. The lowest BCUT2D eigenvalue weighted by molar-refractivity contribution is -0.125. The van der Waals surface area contributed by atoms with E-state index in [1.165, 1.54) is 43.7 Å². The normalized spacial score (nSPS) is 17.3.